The van der Waals surface area contributed by atoms with E-state index in [0.29, 0.717) is 22.0 Å². The van der Waals surface area contributed by atoms with Crippen LogP contribution in [0, 0.1) is 0 Å². The molecule has 0 bridgehead atoms. The van der Waals surface area contributed by atoms with Crippen LogP contribution in [0.5, 0.6) is 5.75 Å². The van der Waals surface area contributed by atoms with Gasteiger partial charge in [-0.25, -0.2) is 0 Å². The SMILES string of the molecule is CC(C)(C)c1ccc(OP(=O)(c2ccccc2)c2ccccc2)c(N)c1. The van der Waals surface area contributed by atoms with Gasteiger partial charge in [0.25, 0.3) is 0 Å². The third-order valence-electron chi connectivity index (χ3n) is 4.29. The predicted molar refractivity (Wildman–Crippen MR) is 110 cm³/mol. The van der Waals surface area contributed by atoms with E-state index in [9.17, 15) is 4.57 Å². The molecule has 0 unspecified atom stereocenters. The topological polar surface area (TPSA) is 52.3 Å². The molecule has 0 saturated carbocycles. The van der Waals surface area contributed by atoms with E-state index >= 15 is 0 Å². The van der Waals surface area contributed by atoms with Gasteiger partial charge < -0.3 is 10.3 Å². The van der Waals surface area contributed by atoms with Crippen molar-refractivity contribution in [2.45, 2.75) is 26.2 Å². The molecule has 0 heterocycles. The summed E-state index contributed by atoms with van der Waals surface area (Å²) in [5, 5.41) is 1.29. The Labute approximate surface area is 155 Å². The van der Waals surface area contributed by atoms with Gasteiger partial charge in [0, 0.05) is 0 Å². The largest absolute Gasteiger partial charge is 0.435 e. The minimum absolute atomic E-state index is 0.0186. The van der Waals surface area contributed by atoms with Crippen molar-refractivity contribution in [3.63, 3.8) is 0 Å². The van der Waals surface area contributed by atoms with Gasteiger partial charge in [-0.15, -0.1) is 0 Å². The van der Waals surface area contributed by atoms with E-state index in [1.165, 1.54) is 0 Å². The first-order chi connectivity index (χ1) is 12.3. The zero-order valence-electron chi connectivity index (χ0n) is 15.3. The van der Waals surface area contributed by atoms with E-state index in [4.69, 9.17) is 10.3 Å². The Kier molecular flexibility index (Phi) is 4.93. The first kappa shape index (κ1) is 18.3. The van der Waals surface area contributed by atoms with Gasteiger partial charge in [-0.2, -0.15) is 0 Å². The Balaban J connectivity index is 2.07. The van der Waals surface area contributed by atoms with Gasteiger partial charge >= 0.3 is 7.37 Å². The zero-order chi connectivity index (χ0) is 18.8. The van der Waals surface area contributed by atoms with Crippen molar-refractivity contribution in [1.82, 2.24) is 0 Å². The van der Waals surface area contributed by atoms with Crippen LogP contribution in [-0.2, 0) is 9.98 Å². The summed E-state index contributed by atoms with van der Waals surface area (Å²) in [5.74, 6) is 0.439. The molecule has 2 N–H and O–H groups in total. The van der Waals surface area contributed by atoms with Crippen LogP contribution < -0.4 is 20.9 Å². The summed E-state index contributed by atoms with van der Waals surface area (Å²) in [6, 6.07) is 24.2. The first-order valence-electron chi connectivity index (χ1n) is 8.61. The Hall–Kier alpha value is -2.51. The number of rotatable bonds is 4. The van der Waals surface area contributed by atoms with E-state index < -0.39 is 7.37 Å². The fourth-order valence-electron chi connectivity index (χ4n) is 2.74. The standard InChI is InChI=1S/C22H24NO2P/c1-22(2,3)17-14-15-21(20(23)16-17)25-26(24,18-10-6-4-7-11-18)19-12-8-5-9-13-19/h4-16H,23H2,1-3H3. The first-order valence-corrected chi connectivity index (χ1v) is 10.2. The number of hydrogen-bond acceptors (Lipinski definition) is 3. The lowest BCUT2D eigenvalue weighted by molar-refractivity contribution is 0.503. The molecule has 4 heteroatoms. The molecule has 0 spiro atoms. The lowest BCUT2D eigenvalue weighted by Crippen LogP contribution is -2.20. The third-order valence-corrected chi connectivity index (χ3v) is 6.70. The lowest BCUT2D eigenvalue weighted by Gasteiger charge is -2.23. The number of anilines is 1. The van der Waals surface area contributed by atoms with E-state index in [0.717, 1.165) is 5.56 Å². The van der Waals surface area contributed by atoms with Crippen molar-refractivity contribution in [3.05, 3.63) is 84.4 Å². The van der Waals surface area contributed by atoms with E-state index in [2.05, 4.69) is 20.8 Å². The van der Waals surface area contributed by atoms with Crippen LogP contribution in [0.15, 0.2) is 78.9 Å². The predicted octanol–water partition coefficient (Wildman–Crippen LogP) is 4.87. The number of hydrogen-bond donors (Lipinski definition) is 1. The van der Waals surface area contributed by atoms with Crippen molar-refractivity contribution >= 4 is 23.7 Å². The van der Waals surface area contributed by atoms with Gasteiger partial charge in [0.05, 0.1) is 16.3 Å². The molecule has 134 valence electrons. The normalized spacial score (nSPS) is 12.0. The molecule has 0 saturated heterocycles. The van der Waals surface area contributed by atoms with Crippen LogP contribution in [0.1, 0.15) is 26.3 Å². The molecule has 0 atom stereocenters. The van der Waals surface area contributed by atoms with Crippen LogP contribution in [0.3, 0.4) is 0 Å². The molecule has 0 aliphatic carbocycles. The molecular formula is C22H24NO2P. The second-order valence-corrected chi connectivity index (χ2v) is 9.63. The molecule has 0 fully saturated rings. The Morgan fingerprint density at radius 3 is 1.73 bits per heavy atom. The smallest absolute Gasteiger partial charge is 0.306 e. The minimum Gasteiger partial charge on any atom is -0.435 e. The fraction of sp³-hybridized carbons (Fsp3) is 0.182. The van der Waals surface area contributed by atoms with Crippen molar-refractivity contribution in [2.24, 2.45) is 0 Å². The van der Waals surface area contributed by atoms with E-state index in [1.807, 2.05) is 78.9 Å². The summed E-state index contributed by atoms with van der Waals surface area (Å²) >= 11 is 0. The summed E-state index contributed by atoms with van der Waals surface area (Å²) in [7, 11) is -3.31. The summed E-state index contributed by atoms with van der Waals surface area (Å²) in [6.45, 7) is 6.38. The zero-order valence-corrected chi connectivity index (χ0v) is 16.2. The van der Waals surface area contributed by atoms with Crippen molar-refractivity contribution < 1.29 is 9.09 Å². The third kappa shape index (κ3) is 3.68. The van der Waals surface area contributed by atoms with Crippen molar-refractivity contribution in [1.29, 1.82) is 0 Å². The van der Waals surface area contributed by atoms with Crippen molar-refractivity contribution in [2.75, 3.05) is 5.73 Å². The fourth-order valence-corrected chi connectivity index (χ4v) is 4.82. The van der Waals surface area contributed by atoms with Gasteiger partial charge in [0.15, 0.2) is 0 Å². The quantitative estimate of drug-likeness (QED) is 0.530. The van der Waals surface area contributed by atoms with Crippen LogP contribution >= 0.6 is 7.37 Å². The average molecular weight is 365 g/mol. The maximum absolute atomic E-state index is 13.9. The summed E-state index contributed by atoms with van der Waals surface area (Å²) in [5.41, 5.74) is 7.81. The maximum Gasteiger partial charge on any atom is 0.306 e. The van der Waals surface area contributed by atoms with Gasteiger partial charge in [-0.05, 0) is 47.4 Å². The lowest BCUT2D eigenvalue weighted by atomic mass is 9.87. The second-order valence-electron chi connectivity index (χ2n) is 7.32. The van der Waals surface area contributed by atoms with Gasteiger partial charge in [-0.1, -0.05) is 63.2 Å². The molecular weight excluding hydrogens is 341 g/mol. The highest BCUT2D eigenvalue weighted by atomic mass is 31.2. The Morgan fingerprint density at radius 2 is 1.31 bits per heavy atom. The van der Waals surface area contributed by atoms with Gasteiger partial charge in [-0.3, -0.25) is 4.57 Å². The molecule has 26 heavy (non-hydrogen) atoms. The van der Waals surface area contributed by atoms with E-state index in [1.54, 1.807) is 0 Å². The van der Waals surface area contributed by atoms with Gasteiger partial charge in [0.1, 0.15) is 5.75 Å². The summed E-state index contributed by atoms with van der Waals surface area (Å²) in [6.07, 6.45) is 0. The maximum atomic E-state index is 13.9. The molecule has 0 aromatic heterocycles. The average Bonchev–Trinajstić information content (AvgIpc) is 2.64. The Bertz CT molecular complexity index is 888. The Morgan fingerprint density at radius 1 is 0.808 bits per heavy atom. The summed E-state index contributed by atoms with van der Waals surface area (Å²) < 4.78 is 20.0. The monoisotopic (exact) mass is 365 g/mol. The highest BCUT2D eigenvalue weighted by Crippen LogP contribution is 2.47. The molecule has 3 aromatic rings. The minimum atomic E-state index is -3.31. The van der Waals surface area contributed by atoms with Crippen LogP contribution in [0.4, 0.5) is 5.69 Å². The molecule has 0 radical (unpaired) electrons. The number of nitrogen functional groups attached to an aromatic ring is 1. The molecule has 0 aliphatic rings. The molecule has 0 amide bonds. The number of nitrogens with two attached hydrogens (primary N) is 1. The van der Waals surface area contributed by atoms with Crippen LogP contribution in [-0.4, -0.2) is 0 Å². The highest BCUT2D eigenvalue weighted by molar-refractivity contribution is 7.74. The second kappa shape index (κ2) is 7.01. The van der Waals surface area contributed by atoms with Crippen LogP contribution in [0.25, 0.3) is 0 Å². The molecule has 3 aromatic carbocycles. The van der Waals surface area contributed by atoms with Crippen molar-refractivity contribution in [3.8, 4) is 5.75 Å². The molecule has 3 nitrogen and oxygen atoms in total. The van der Waals surface area contributed by atoms with Crippen LogP contribution in [0.2, 0.25) is 0 Å². The molecule has 0 aliphatic heterocycles. The number of benzene rings is 3. The molecule has 3 rings (SSSR count). The van der Waals surface area contributed by atoms with Gasteiger partial charge in [0.2, 0.25) is 0 Å². The highest BCUT2D eigenvalue weighted by Gasteiger charge is 2.30. The summed E-state index contributed by atoms with van der Waals surface area (Å²) in [4.78, 5) is 0. The van der Waals surface area contributed by atoms with E-state index in [-0.39, 0.29) is 5.41 Å².